The summed E-state index contributed by atoms with van der Waals surface area (Å²) in [6.07, 6.45) is 13.3. The Morgan fingerprint density at radius 1 is 0.977 bits per heavy atom. The van der Waals surface area contributed by atoms with Crippen LogP contribution in [0.1, 0.15) is 117 Å². The number of ketones is 2. The first-order valence-corrected chi connectivity index (χ1v) is 16.6. The van der Waals surface area contributed by atoms with Gasteiger partial charge in [-0.2, -0.15) is 0 Å². The summed E-state index contributed by atoms with van der Waals surface area (Å²) in [6, 6.07) is 0. The second kappa shape index (κ2) is 14.2. The quantitative estimate of drug-likeness (QED) is 0.182. The lowest BCUT2D eigenvalue weighted by Gasteiger charge is -2.60. The summed E-state index contributed by atoms with van der Waals surface area (Å²) in [4.78, 5) is 48.9. The smallest absolute Gasteiger partial charge is 0.407 e. The number of carbonyl (C=O) groups excluding carboxylic acids is 4. The van der Waals surface area contributed by atoms with Crippen LogP contribution in [0.2, 0.25) is 0 Å². The minimum absolute atomic E-state index is 0.0104. The van der Waals surface area contributed by atoms with Gasteiger partial charge in [-0.3, -0.25) is 14.4 Å². The summed E-state index contributed by atoms with van der Waals surface area (Å²) in [5.74, 6) is -0.212. The number of aliphatic hydroxyl groups is 2. The Hall–Kier alpha value is -2.26. The van der Waals surface area contributed by atoms with Gasteiger partial charge in [-0.05, 0) is 80.6 Å². The van der Waals surface area contributed by atoms with Gasteiger partial charge in [-0.15, -0.1) is 0 Å². The fraction of sp³-hybridized carbons (Fsp3) is 0.824. The van der Waals surface area contributed by atoms with E-state index < -0.39 is 35.6 Å². The number of ether oxygens (including phenoxy) is 2. The Bertz CT molecular complexity index is 1070. The molecule has 1 amide bonds. The predicted octanol–water partition coefficient (Wildman–Crippen LogP) is 5.20. The lowest BCUT2D eigenvalue weighted by Crippen LogP contribution is -2.62. The van der Waals surface area contributed by atoms with E-state index in [4.69, 9.17) is 4.74 Å². The molecule has 0 aromatic heterocycles. The zero-order valence-corrected chi connectivity index (χ0v) is 26.5. The van der Waals surface area contributed by atoms with Crippen molar-refractivity contribution >= 4 is 23.6 Å². The predicted molar refractivity (Wildman–Crippen MR) is 161 cm³/mol. The normalized spacial score (nSPS) is 34.8. The van der Waals surface area contributed by atoms with Crippen molar-refractivity contribution in [1.82, 2.24) is 5.32 Å². The Morgan fingerprint density at radius 3 is 2.35 bits per heavy atom. The van der Waals surface area contributed by atoms with Crippen molar-refractivity contribution in [1.29, 1.82) is 0 Å². The Kier molecular flexibility index (Phi) is 11.1. The van der Waals surface area contributed by atoms with E-state index in [0.717, 1.165) is 76.2 Å². The van der Waals surface area contributed by atoms with E-state index in [1.807, 2.05) is 6.92 Å². The number of hydrogen-bond acceptors (Lipinski definition) is 8. The van der Waals surface area contributed by atoms with Crippen molar-refractivity contribution in [2.75, 3.05) is 20.3 Å². The van der Waals surface area contributed by atoms with E-state index in [-0.39, 0.29) is 34.9 Å². The number of fused-ring (bicyclic) bond motifs is 5. The second-order valence-corrected chi connectivity index (χ2v) is 14.1. The van der Waals surface area contributed by atoms with Crippen LogP contribution in [0.5, 0.6) is 0 Å². The molecule has 0 aromatic carbocycles. The molecule has 0 bridgehead atoms. The van der Waals surface area contributed by atoms with Crippen LogP contribution >= 0.6 is 0 Å². The van der Waals surface area contributed by atoms with Gasteiger partial charge >= 0.3 is 12.1 Å². The van der Waals surface area contributed by atoms with E-state index in [0.29, 0.717) is 38.6 Å². The molecule has 7 atom stereocenters. The zero-order valence-electron chi connectivity index (χ0n) is 26.5. The summed E-state index contributed by atoms with van der Waals surface area (Å²) < 4.78 is 9.89. The SMILES string of the molecule is COC(=O)CCCCCCCCCCNC(=O)OCC(=O)C1(O)CCC2C3CCC4=CC(=O)CCC4(C)C3C(O)CC21C. The van der Waals surface area contributed by atoms with Gasteiger partial charge in [-0.25, -0.2) is 4.79 Å². The molecule has 3 fully saturated rings. The largest absolute Gasteiger partial charge is 0.469 e. The van der Waals surface area contributed by atoms with Crippen LogP contribution in [0, 0.1) is 28.6 Å². The molecule has 0 aliphatic heterocycles. The van der Waals surface area contributed by atoms with Crippen molar-refractivity contribution in [2.45, 2.75) is 128 Å². The number of aliphatic hydroxyl groups excluding tert-OH is 1. The highest BCUT2D eigenvalue weighted by Crippen LogP contribution is 2.67. The number of alkyl carbamates (subject to hydrolysis) is 1. The maximum atomic E-state index is 13.4. The van der Waals surface area contributed by atoms with Crippen molar-refractivity contribution < 1.29 is 38.9 Å². The van der Waals surface area contributed by atoms with Crippen LogP contribution in [0.25, 0.3) is 0 Å². The molecule has 242 valence electrons. The van der Waals surface area contributed by atoms with Crippen LogP contribution in [-0.2, 0) is 23.9 Å². The first-order chi connectivity index (χ1) is 20.5. The number of carbonyl (C=O) groups is 4. The van der Waals surface area contributed by atoms with Gasteiger partial charge in [0.25, 0.3) is 0 Å². The first kappa shape index (κ1) is 33.6. The first-order valence-electron chi connectivity index (χ1n) is 16.6. The molecule has 4 aliphatic rings. The highest BCUT2D eigenvalue weighted by molar-refractivity contribution is 5.92. The molecular formula is C34H53NO8. The fourth-order valence-electron chi connectivity index (χ4n) is 9.20. The number of esters is 1. The van der Waals surface area contributed by atoms with Crippen LogP contribution in [0.3, 0.4) is 0 Å². The Balaban J connectivity index is 1.18. The van der Waals surface area contributed by atoms with E-state index in [9.17, 15) is 29.4 Å². The van der Waals surface area contributed by atoms with E-state index >= 15 is 0 Å². The van der Waals surface area contributed by atoms with Crippen LogP contribution in [0.15, 0.2) is 11.6 Å². The topological polar surface area (TPSA) is 139 Å². The summed E-state index contributed by atoms with van der Waals surface area (Å²) in [5.41, 5.74) is -1.52. The highest BCUT2D eigenvalue weighted by atomic mass is 16.6. The number of rotatable bonds is 14. The third kappa shape index (κ3) is 7.03. The summed E-state index contributed by atoms with van der Waals surface area (Å²) in [6.45, 7) is 4.09. The average Bonchev–Trinajstić information content (AvgIpc) is 3.25. The zero-order chi connectivity index (χ0) is 31.3. The van der Waals surface area contributed by atoms with E-state index in [1.165, 1.54) is 7.11 Å². The minimum atomic E-state index is -1.65. The van der Waals surface area contributed by atoms with Gasteiger partial charge < -0.3 is 25.0 Å². The maximum absolute atomic E-state index is 13.4. The van der Waals surface area contributed by atoms with Crippen LogP contribution < -0.4 is 5.32 Å². The second-order valence-electron chi connectivity index (χ2n) is 14.1. The number of amides is 1. The number of nitrogens with one attached hydrogen (secondary N) is 1. The Labute approximate surface area is 256 Å². The molecule has 3 saturated carbocycles. The summed E-state index contributed by atoms with van der Waals surface area (Å²) in [7, 11) is 1.41. The van der Waals surface area contributed by atoms with E-state index in [2.05, 4.69) is 17.0 Å². The maximum Gasteiger partial charge on any atom is 0.407 e. The monoisotopic (exact) mass is 603 g/mol. The molecule has 0 spiro atoms. The van der Waals surface area contributed by atoms with Gasteiger partial charge in [0.1, 0.15) is 5.60 Å². The lowest BCUT2D eigenvalue weighted by atomic mass is 9.45. The molecular weight excluding hydrogens is 550 g/mol. The van der Waals surface area contributed by atoms with Crippen molar-refractivity contribution in [3.05, 3.63) is 11.6 Å². The number of methoxy groups -OCH3 is 1. The van der Waals surface area contributed by atoms with Gasteiger partial charge in [0.15, 0.2) is 12.4 Å². The molecule has 0 aromatic rings. The van der Waals surface area contributed by atoms with Gasteiger partial charge in [-0.1, -0.05) is 57.9 Å². The van der Waals surface area contributed by atoms with Crippen LogP contribution in [-0.4, -0.2) is 65.8 Å². The number of allylic oxidation sites excluding steroid dienone is 1. The summed E-state index contributed by atoms with van der Waals surface area (Å²) >= 11 is 0. The third-order valence-corrected chi connectivity index (χ3v) is 11.6. The highest BCUT2D eigenvalue weighted by Gasteiger charge is 2.68. The average molecular weight is 604 g/mol. The molecule has 4 rings (SSSR count). The van der Waals surface area contributed by atoms with Crippen molar-refractivity contribution in [3.63, 3.8) is 0 Å². The number of Topliss-reactive ketones (excluding diaryl/α,β-unsaturated/α-hetero) is 1. The fourth-order valence-corrected chi connectivity index (χ4v) is 9.20. The Morgan fingerprint density at radius 2 is 1.65 bits per heavy atom. The lowest BCUT2D eigenvalue weighted by molar-refractivity contribution is -0.182. The summed E-state index contributed by atoms with van der Waals surface area (Å²) in [5, 5.41) is 26.1. The molecule has 9 heteroatoms. The van der Waals surface area contributed by atoms with Gasteiger partial charge in [0.05, 0.1) is 13.2 Å². The molecule has 0 radical (unpaired) electrons. The third-order valence-electron chi connectivity index (χ3n) is 11.6. The van der Waals surface area contributed by atoms with Crippen molar-refractivity contribution in [3.8, 4) is 0 Å². The van der Waals surface area contributed by atoms with E-state index in [1.54, 1.807) is 6.08 Å². The molecule has 0 heterocycles. The number of hydrogen-bond donors (Lipinski definition) is 3. The molecule has 7 unspecified atom stereocenters. The molecule has 4 aliphatic carbocycles. The minimum Gasteiger partial charge on any atom is -0.469 e. The van der Waals surface area contributed by atoms with Crippen LogP contribution in [0.4, 0.5) is 4.79 Å². The standard InChI is InChI=1S/C34H53NO8/c1-32-17-15-24(36)20-23(32)13-14-25-26-16-18-34(41,33(26,2)21-27(37)30(25)32)28(38)22-43-31(40)35-19-11-9-7-5-4-6-8-10-12-29(39)42-3/h20,25-27,30,37,41H,4-19,21-22H2,1-3H3,(H,35,40). The molecule has 43 heavy (non-hydrogen) atoms. The van der Waals surface area contributed by atoms with Gasteiger partial charge in [0.2, 0.25) is 5.78 Å². The number of unbranched alkanes of at least 4 members (excludes halogenated alkanes) is 7. The van der Waals surface area contributed by atoms with Gasteiger partial charge in [0, 0.05) is 24.8 Å². The molecule has 0 saturated heterocycles. The molecule has 3 N–H and O–H groups in total. The van der Waals surface area contributed by atoms with Crippen molar-refractivity contribution in [2.24, 2.45) is 28.6 Å². The molecule has 9 nitrogen and oxygen atoms in total.